The van der Waals surface area contributed by atoms with Crippen LogP contribution >= 0.6 is 0 Å². The van der Waals surface area contributed by atoms with Gasteiger partial charge in [-0.3, -0.25) is 9.59 Å². The highest BCUT2D eigenvalue weighted by Crippen LogP contribution is 2.32. The quantitative estimate of drug-likeness (QED) is 0.661. The Hall–Kier alpha value is -3.42. The molecule has 8 heteroatoms. The summed E-state index contributed by atoms with van der Waals surface area (Å²) in [6, 6.07) is 13.1. The van der Waals surface area contributed by atoms with Crippen LogP contribution in [0.4, 0.5) is 5.69 Å². The Kier molecular flexibility index (Phi) is 4.82. The van der Waals surface area contributed by atoms with Crippen LogP contribution in [0.5, 0.6) is 0 Å². The first-order chi connectivity index (χ1) is 14.7. The molecule has 3 aromatic rings. The Labute approximate surface area is 173 Å². The lowest BCUT2D eigenvalue weighted by Gasteiger charge is -2.32. The van der Waals surface area contributed by atoms with Gasteiger partial charge < -0.3 is 18.6 Å². The van der Waals surface area contributed by atoms with E-state index in [9.17, 15) is 9.59 Å². The molecule has 2 aliphatic heterocycles. The lowest BCUT2D eigenvalue weighted by atomic mass is 9.95. The van der Waals surface area contributed by atoms with Crippen LogP contribution < -0.4 is 4.90 Å². The number of benzene rings is 1. The fourth-order valence-corrected chi connectivity index (χ4v) is 4.23. The fraction of sp³-hybridized carbons (Fsp3) is 0.364. The monoisotopic (exact) mass is 406 g/mol. The smallest absolute Gasteiger partial charge is 0.283 e. The number of carbonyl (C=O) groups excluding carboxylic acids is 2. The summed E-state index contributed by atoms with van der Waals surface area (Å²) in [5, 5.41) is 8.23. The van der Waals surface area contributed by atoms with Gasteiger partial charge >= 0.3 is 0 Å². The average molecular weight is 406 g/mol. The highest BCUT2D eigenvalue weighted by Gasteiger charge is 2.38. The van der Waals surface area contributed by atoms with Crippen molar-refractivity contribution in [1.29, 1.82) is 0 Å². The van der Waals surface area contributed by atoms with Gasteiger partial charge in [-0.25, -0.2) is 0 Å². The third kappa shape index (κ3) is 3.49. The van der Waals surface area contributed by atoms with E-state index in [1.165, 1.54) is 0 Å². The van der Waals surface area contributed by atoms with Crippen LogP contribution in [0.25, 0.3) is 11.7 Å². The Morgan fingerprint density at radius 2 is 1.83 bits per heavy atom. The predicted molar refractivity (Wildman–Crippen MR) is 107 cm³/mol. The number of amides is 2. The number of hydrogen-bond donors (Lipinski definition) is 0. The number of carbonyl (C=O) groups is 2. The molecule has 5 rings (SSSR count). The number of rotatable bonds is 4. The minimum Gasteiger partial charge on any atom is -0.459 e. The predicted octanol–water partition coefficient (Wildman–Crippen LogP) is 3.09. The molecule has 0 radical (unpaired) electrons. The molecule has 30 heavy (non-hydrogen) atoms. The largest absolute Gasteiger partial charge is 0.459 e. The van der Waals surface area contributed by atoms with E-state index in [2.05, 4.69) is 10.2 Å². The second-order valence-corrected chi connectivity index (χ2v) is 7.76. The van der Waals surface area contributed by atoms with E-state index in [0.717, 1.165) is 18.5 Å². The summed E-state index contributed by atoms with van der Waals surface area (Å²) in [5.74, 6) is 1.40. The first-order valence-corrected chi connectivity index (χ1v) is 10.2. The molecule has 2 amide bonds. The summed E-state index contributed by atoms with van der Waals surface area (Å²) in [6.07, 6.45) is 3.35. The van der Waals surface area contributed by atoms with Crippen molar-refractivity contribution < 1.29 is 18.4 Å². The number of para-hydroxylation sites is 1. The lowest BCUT2D eigenvalue weighted by Crippen LogP contribution is -2.42. The van der Waals surface area contributed by atoms with Crippen molar-refractivity contribution in [2.75, 3.05) is 24.5 Å². The third-order valence-corrected chi connectivity index (χ3v) is 5.87. The number of aromatic nitrogens is 2. The third-order valence-electron chi connectivity index (χ3n) is 5.87. The van der Waals surface area contributed by atoms with Crippen molar-refractivity contribution in [2.45, 2.75) is 25.2 Å². The summed E-state index contributed by atoms with van der Waals surface area (Å²) in [6.45, 7) is 1.69. The highest BCUT2D eigenvalue weighted by molar-refractivity contribution is 6.00. The number of hydrogen-bond acceptors (Lipinski definition) is 6. The van der Waals surface area contributed by atoms with Gasteiger partial charge in [0.2, 0.25) is 17.7 Å². The summed E-state index contributed by atoms with van der Waals surface area (Å²) in [5.41, 5.74) is 0.847. The zero-order chi connectivity index (χ0) is 20.5. The molecule has 154 valence electrons. The molecule has 1 atom stereocenters. The van der Waals surface area contributed by atoms with E-state index < -0.39 is 0 Å². The number of piperidine rings is 1. The molecular formula is C22H22N4O4. The SMILES string of the molecule is O=C(C1CC(=O)N(c2ccccc2)C1)N1CCC(c2nnc(-c3ccco3)o2)CC1. The maximum Gasteiger partial charge on any atom is 0.283 e. The molecule has 1 unspecified atom stereocenters. The molecule has 0 aliphatic carbocycles. The van der Waals surface area contributed by atoms with Gasteiger partial charge in [0.25, 0.3) is 5.89 Å². The molecular weight excluding hydrogens is 384 g/mol. The highest BCUT2D eigenvalue weighted by atomic mass is 16.4. The Balaban J connectivity index is 1.19. The van der Waals surface area contributed by atoms with Crippen molar-refractivity contribution >= 4 is 17.5 Å². The Bertz CT molecular complexity index is 1020. The molecule has 1 aromatic carbocycles. The maximum absolute atomic E-state index is 13.0. The molecule has 0 saturated carbocycles. The fourth-order valence-electron chi connectivity index (χ4n) is 4.23. The molecule has 0 bridgehead atoms. The molecule has 0 spiro atoms. The molecule has 2 fully saturated rings. The first-order valence-electron chi connectivity index (χ1n) is 10.2. The van der Waals surface area contributed by atoms with Gasteiger partial charge in [-0.2, -0.15) is 0 Å². The molecule has 2 aromatic heterocycles. The van der Waals surface area contributed by atoms with E-state index in [4.69, 9.17) is 8.83 Å². The van der Waals surface area contributed by atoms with E-state index in [1.807, 2.05) is 35.2 Å². The van der Waals surface area contributed by atoms with Gasteiger partial charge in [-0.05, 0) is 37.1 Å². The minimum absolute atomic E-state index is 0.00533. The van der Waals surface area contributed by atoms with Crippen molar-refractivity contribution in [2.24, 2.45) is 5.92 Å². The van der Waals surface area contributed by atoms with E-state index in [1.54, 1.807) is 23.3 Å². The van der Waals surface area contributed by atoms with Crippen molar-refractivity contribution in [3.05, 3.63) is 54.6 Å². The van der Waals surface area contributed by atoms with Crippen LogP contribution in [0.1, 0.15) is 31.1 Å². The zero-order valence-corrected chi connectivity index (χ0v) is 16.4. The molecule has 2 aliphatic rings. The van der Waals surface area contributed by atoms with Gasteiger partial charge in [-0.1, -0.05) is 18.2 Å². The first kappa shape index (κ1) is 18.6. The number of furan rings is 1. The molecule has 8 nitrogen and oxygen atoms in total. The van der Waals surface area contributed by atoms with Crippen LogP contribution in [-0.2, 0) is 9.59 Å². The number of likely N-dealkylation sites (tertiary alicyclic amines) is 1. The van der Waals surface area contributed by atoms with Crippen LogP contribution in [0.15, 0.2) is 57.6 Å². The van der Waals surface area contributed by atoms with Crippen LogP contribution in [0, 0.1) is 5.92 Å². The topological polar surface area (TPSA) is 92.7 Å². The normalized spacial score (nSPS) is 20.1. The van der Waals surface area contributed by atoms with E-state index >= 15 is 0 Å². The van der Waals surface area contributed by atoms with Gasteiger partial charge in [0.05, 0.1) is 12.2 Å². The van der Waals surface area contributed by atoms with Crippen molar-refractivity contribution in [1.82, 2.24) is 15.1 Å². The average Bonchev–Trinajstić information content (AvgIpc) is 3.54. The number of nitrogens with zero attached hydrogens (tertiary/aromatic N) is 4. The van der Waals surface area contributed by atoms with E-state index in [0.29, 0.717) is 37.2 Å². The standard InChI is InChI=1S/C22H22N4O4/c27-19-13-16(14-26(19)17-5-2-1-3-6-17)22(28)25-10-8-15(9-11-25)20-23-24-21(30-20)18-7-4-12-29-18/h1-7,12,15-16H,8-11,13-14H2. The van der Waals surface area contributed by atoms with Gasteiger partial charge in [0.15, 0.2) is 5.76 Å². The lowest BCUT2D eigenvalue weighted by molar-refractivity contribution is -0.136. The second-order valence-electron chi connectivity index (χ2n) is 7.76. The minimum atomic E-state index is -0.289. The van der Waals surface area contributed by atoms with Gasteiger partial charge in [-0.15, -0.1) is 10.2 Å². The van der Waals surface area contributed by atoms with Crippen LogP contribution in [0.3, 0.4) is 0 Å². The van der Waals surface area contributed by atoms with Crippen LogP contribution in [-0.4, -0.2) is 46.5 Å². The summed E-state index contributed by atoms with van der Waals surface area (Å²) in [4.78, 5) is 29.0. The van der Waals surface area contributed by atoms with Gasteiger partial charge in [0.1, 0.15) is 0 Å². The van der Waals surface area contributed by atoms with Crippen molar-refractivity contribution in [3.8, 4) is 11.7 Å². The zero-order valence-electron chi connectivity index (χ0n) is 16.4. The van der Waals surface area contributed by atoms with Gasteiger partial charge in [0, 0.05) is 37.7 Å². The summed E-state index contributed by atoms with van der Waals surface area (Å²) >= 11 is 0. The Morgan fingerprint density at radius 3 is 2.57 bits per heavy atom. The summed E-state index contributed by atoms with van der Waals surface area (Å²) < 4.78 is 11.1. The molecule has 4 heterocycles. The molecule has 2 saturated heterocycles. The van der Waals surface area contributed by atoms with Crippen molar-refractivity contribution in [3.63, 3.8) is 0 Å². The number of anilines is 1. The van der Waals surface area contributed by atoms with E-state index in [-0.39, 0.29) is 30.1 Å². The molecule has 0 N–H and O–H groups in total. The van der Waals surface area contributed by atoms with Crippen LogP contribution in [0.2, 0.25) is 0 Å². The second kappa shape index (κ2) is 7.78. The Morgan fingerprint density at radius 1 is 1.03 bits per heavy atom. The summed E-state index contributed by atoms with van der Waals surface area (Å²) in [7, 11) is 0. The maximum atomic E-state index is 13.0.